The summed E-state index contributed by atoms with van der Waals surface area (Å²) in [4.78, 5) is 0. The number of aliphatic hydroxyl groups is 2. The average Bonchev–Trinajstić information content (AvgIpc) is 3.24. The molecule has 4 aromatic rings. The van der Waals surface area contributed by atoms with Gasteiger partial charge in [0.25, 0.3) is 10.1 Å². The van der Waals surface area contributed by atoms with Gasteiger partial charge < -0.3 is 29.5 Å². The maximum absolute atomic E-state index is 11.1. The molecule has 0 spiro atoms. The molecule has 4 rings (SSSR count). The van der Waals surface area contributed by atoms with E-state index in [-0.39, 0.29) is 43.3 Å². The van der Waals surface area contributed by atoms with Gasteiger partial charge in [-0.25, -0.2) is 8.42 Å². The van der Waals surface area contributed by atoms with Crippen molar-refractivity contribution in [1.29, 1.82) is 0 Å². The van der Waals surface area contributed by atoms with Crippen molar-refractivity contribution in [2.75, 3.05) is 63.2 Å². The van der Waals surface area contributed by atoms with Crippen LogP contribution in [0.3, 0.4) is 0 Å². The van der Waals surface area contributed by atoms with E-state index in [0.29, 0.717) is 31.5 Å². The fourth-order valence-corrected chi connectivity index (χ4v) is 8.29. The van der Waals surface area contributed by atoms with E-state index in [9.17, 15) is 16.8 Å². The van der Waals surface area contributed by atoms with Crippen molar-refractivity contribution >= 4 is 99.6 Å². The van der Waals surface area contributed by atoms with Crippen LogP contribution in [0.2, 0.25) is 0 Å². The summed E-state index contributed by atoms with van der Waals surface area (Å²) in [6.45, 7) is 25.6. The zero-order valence-electron chi connectivity index (χ0n) is 41.9. The van der Waals surface area contributed by atoms with Crippen molar-refractivity contribution in [2.24, 2.45) is 23.7 Å². The monoisotopic (exact) mass is 1310 g/mol. The quantitative estimate of drug-likeness (QED) is 0.0680. The lowest BCUT2D eigenvalue weighted by Crippen LogP contribution is -2.18. The standard InChI is InChI=1S/C13H19BrO4S.C13H19BrO3S.C12H17BrO2.C8H9BrO.C4H9BrO/c1-9(8-18-19(4,15)16)7-17-12-5-10(2)13(14)11(3)6-12;1-9(8-18(4,15)16)7-17-12-5-10(2)13(14)11(3)6-12;1-8(6-14)7-15-11-4-9(2)12(13)10(3)5-11;1-5-3-7(10)4-6(2)8(5)9;1-4(2-5)3-6/h5-6,9H,7-8H2,1-4H3;5-6,9H,7-8H2,1-4H3;4-5,8,14H,6-7H2,1-3H3;3-4,10H,1-2H3;4,6H,2-3H2,1H3/t2*9-;8-;;4-/m110.1/s1. The number of aliphatic hydroxyl groups excluding tert-OH is 2. The van der Waals surface area contributed by atoms with Crippen LogP contribution in [0.1, 0.15) is 72.2 Å². The van der Waals surface area contributed by atoms with Crippen LogP contribution in [0.5, 0.6) is 23.0 Å². The van der Waals surface area contributed by atoms with Crippen molar-refractivity contribution in [1.82, 2.24) is 0 Å². The molecule has 0 saturated heterocycles. The van der Waals surface area contributed by atoms with Crippen molar-refractivity contribution in [3.05, 3.63) is 111 Å². The van der Waals surface area contributed by atoms with Gasteiger partial charge in [0.2, 0.25) is 0 Å². The molecule has 4 atom stereocenters. The normalized spacial score (nSPS) is 12.8. The first-order valence-corrected chi connectivity index (χ1v) is 29.9. The van der Waals surface area contributed by atoms with Crippen LogP contribution in [0.25, 0.3) is 0 Å². The highest BCUT2D eigenvalue weighted by Crippen LogP contribution is 2.29. The molecule has 0 heterocycles. The maximum atomic E-state index is 11.1. The number of ether oxygens (including phenoxy) is 3. The Morgan fingerprint density at radius 2 is 0.750 bits per heavy atom. The molecular weight excluding hydrogens is 1240 g/mol. The molecule has 0 amide bonds. The third-order valence-electron chi connectivity index (χ3n) is 9.30. The molecule has 386 valence electrons. The number of aromatic hydroxyl groups is 1. The van der Waals surface area contributed by atoms with Crippen LogP contribution in [0, 0.1) is 79.1 Å². The molecule has 3 N–H and O–H groups in total. The van der Waals surface area contributed by atoms with Crippen LogP contribution in [-0.2, 0) is 24.1 Å². The van der Waals surface area contributed by atoms with Gasteiger partial charge >= 0.3 is 0 Å². The molecule has 0 aliphatic carbocycles. The van der Waals surface area contributed by atoms with Crippen LogP contribution in [0.15, 0.2) is 66.4 Å². The minimum absolute atomic E-state index is 0.000941. The number of phenols is 1. The van der Waals surface area contributed by atoms with E-state index in [0.717, 1.165) is 80.1 Å². The lowest BCUT2D eigenvalue weighted by atomic mass is 10.1. The molecule has 0 radical (unpaired) electrons. The first kappa shape index (κ1) is 66.3. The lowest BCUT2D eigenvalue weighted by Gasteiger charge is -2.14. The minimum Gasteiger partial charge on any atom is -0.508 e. The average molecular weight is 1310 g/mol. The van der Waals surface area contributed by atoms with E-state index in [2.05, 4.69) is 79.6 Å². The highest BCUT2D eigenvalue weighted by Gasteiger charge is 2.13. The zero-order valence-corrected chi connectivity index (χ0v) is 51.5. The fourth-order valence-electron chi connectivity index (χ4n) is 5.56. The number of phenolic OH excluding ortho intramolecular Hbond substituents is 1. The highest BCUT2D eigenvalue weighted by molar-refractivity contribution is 9.11. The number of hydrogen-bond donors (Lipinski definition) is 3. The number of benzene rings is 4. The predicted octanol–water partition coefficient (Wildman–Crippen LogP) is 13.0. The van der Waals surface area contributed by atoms with Crippen molar-refractivity contribution in [3.8, 4) is 23.0 Å². The van der Waals surface area contributed by atoms with Gasteiger partial charge in [-0.1, -0.05) is 107 Å². The number of halogens is 5. The van der Waals surface area contributed by atoms with Gasteiger partial charge in [-0.05, 0) is 154 Å². The van der Waals surface area contributed by atoms with Crippen LogP contribution in [0.4, 0.5) is 0 Å². The summed E-state index contributed by atoms with van der Waals surface area (Å²) in [6.07, 6.45) is 2.29. The van der Waals surface area contributed by atoms with Crippen molar-refractivity contribution in [2.45, 2.75) is 83.1 Å². The Morgan fingerprint density at radius 1 is 0.471 bits per heavy atom. The topological polar surface area (TPSA) is 166 Å². The Labute approximate surface area is 450 Å². The smallest absolute Gasteiger partial charge is 0.264 e. The summed E-state index contributed by atoms with van der Waals surface area (Å²) < 4.78 is 70.0. The Kier molecular flexibility index (Phi) is 32.2. The van der Waals surface area contributed by atoms with Gasteiger partial charge in [-0.3, -0.25) is 4.18 Å². The molecule has 0 saturated carbocycles. The SMILES string of the molecule is C[C@@H](CO)CBr.Cc1cc(O)cc(C)c1Br.Cc1cc(OC[C@@H](C)CO)cc(C)c1Br.Cc1cc(OC[C@@H](C)COS(C)(=O)=O)cc(C)c1Br.Cc1cc(OC[C@@H](C)CS(C)(=O)=O)cc(C)c1Br. The second kappa shape index (κ2) is 33.1. The Balaban J connectivity index is 0.000000860. The number of aryl methyl sites for hydroxylation is 8. The summed E-state index contributed by atoms with van der Waals surface area (Å²) in [5.74, 6) is 3.49. The molecule has 18 heteroatoms. The minimum atomic E-state index is -3.38. The number of rotatable bonds is 17. The van der Waals surface area contributed by atoms with E-state index >= 15 is 0 Å². The molecular formula is C50H73Br5O11S2. The van der Waals surface area contributed by atoms with Gasteiger partial charge in [-0.2, -0.15) is 8.42 Å². The summed E-state index contributed by atoms with van der Waals surface area (Å²) in [5.41, 5.74) is 8.91. The Morgan fingerprint density at radius 3 is 1.00 bits per heavy atom. The summed E-state index contributed by atoms with van der Waals surface area (Å²) in [5, 5.41) is 27.2. The van der Waals surface area contributed by atoms with E-state index in [1.807, 2.05) is 119 Å². The van der Waals surface area contributed by atoms with E-state index < -0.39 is 20.0 Å². The molecule has 0 aromatic heterocycles. The van der Waals surface area contributed by atoms with Gasteiger partial charge in [0.05, 0.1) is 38.4 Å². The Bertz CT molecular complexity index is 2280. The van der Waals surface area contributed by atoms with Crippen LogP contribution >= 0.6 is 79.6 Å². The summed E-state index contributed by atoms with van der Waals surface area (Å²) in [7, 11) is -6.32. The van der Waals surface area contributed by atoms with E-state index in [4.69, 9.17) is 33.7 Å². The lowest BCUT2D eigenvalue weighted by molar-refractivity contribution is 0.174. The summed E-state index contributed by atoms with van der Waals surface area (Å²) in [6, 6.07) is 15.3. The largest absolute Gasteiger partial charge is 0.508 e. The second-order valence-electron chi connectivity index (χ2n) is 17.5. The molecule has 0 aliphatic rings. The number of hydrogen-bond acceptors (Lipinski definition) is 11. The van der Waals surface area contributed by atoms with Gasteiger partial charge in [0.1, 0.15) is 32.8 Å². The molecule has 68 heavy (non-hydrogen) atoms. The van der Waals surface area contributed by atoms with E-state index in [1.165, 1.54) is 17.4 Å². The molecule has 11 nitrogen and oxygen atoms in total. The number of sulfone groups is 1. The fraction of sp³-hybridized carbons (Fsp3) is 0.520. The van der Waals surface area contributed by atoms with Gasteiger partial charge in [0.15, 0.2) is 0 Å². The molecule has 0 fully saturated rings. The maximum Gasteiger partial charge on any atom is 0.264 e. The van der Waals surface area contributed by atoms with Gasteiger partial charge in [-0.15, -0.1) is 0 Å². The Hall–Kier alpha value is -1.74. The molecule has 0 unspecified atom stereocenters. The van der Waals surface area contributed by atoms with Crippen molar-refractivity contribution < 1.29 is 50.5 Å². The van der Waals surface area contributed by atoms with Crippen molar-refractivity contribution in [3.63, 3.8) is 0 Å². The molecule has 0 aliphatic heterocycles. The summed E-state index contributed by atoms with van der Waals surface area (Å²) >= 11 is 17.1. The zero-order chi connectivity index (χ0) is 52.7. The second-order valence-corrected chi connectivity index (χ2v) is 25.1. The van der Waals surface area contributed by atoms with E-state index in [1.54, 1.807) is 12.1 Å². The van der Waals surface area contributed by atoms with Crippen LogP contribution in [-0.4, -0.2) is 95.4 Å². The predicted molar refractivity (Wildman–Crippen MR) is 298 cm³/mol. The molecule has 0 bridgehead atoms. The van der Waals surface area contributed by atoms with Crippen LogP contribution < -0.4 is 14.2 Å². The highest BCUT2D eigenvalue weighted by atomic mass is 79.9. The third kappa shape index (κ3) is 28.9. The number of alkyl halides is 1. The molecule has 4 aromatic carbocycles. The first-order chi connectivity index (χ1) is 31.3. The van der Waals surface area contributed by atoms with Gasteiger partial charge in [0, 0.05) is 60.4 Å². The third-order valence-corrected chi connectivity index (χ3v) is 17.1. The first-order valence-electron chi connectivity index (χ1n) is 21.8.